The Morgan fingerprint density at radius 1 is 1.35 bits per heavy atom. The lowest BCUT2D eigenvalue weighted by molar-refractivity contribution is -0.126. The molecular formula is C15H29NO. The Kier molecular flexibility index (Phi) is 5.18. The number of rotatable bonds is 5. The van der Waals surface area contributed by atoms with Crippen molar-refractivity contribution in [1.82, 2.24) is 4.90 Å². The number of nitrogens with zero attached hydrogens (tertiary/aromatic N) is 1. The number of carbonyl (C=O) groups excluding carboxylic acids is 1. The van der Waals surface area contributed by atoms with Gasteiger partial charge in [-0.05, 0) is 46.1 Å². The third-order valence-corrected chi connectivity index (χ3v) is 4.84. The van der Waals surface area contributed by atoms with Crippen molar-refractivity contribution >= 4 is 5.78 Å². The highest BCUT2D eigenvalue weighted by molar-refractivity contribution is 5.81. The molecule has 0 saturated heterocycles. The summed E-state index contributed by atoms with van der Waals surface area (Å²) < 4.78 is 0. The Labute approximate surface area is 107 Å². The molecule has 1 rings (SSSR count). The molecule has 0 aromatic rings. The molecule has 1 aliphatic carbocycles. The predicted molar refractivity (Wildman–Crippen MR) is 73.1 cm³/mol. The Bertz CT molecular complexity index is 260. The van der Waals surface area contributed by atoms with Crippen LogP contribution in [-0.2, 0) is 4.79 Å². The first-order valence-corrected chi connectivity index (χ1v) is 7.14. The van der Waals surface area contributed by atoms with Gasteiger partial charge < -0.3 is 4.90 Å². The van der Waals surface area contributed by atoms with Crippen LogP contribution in [0.2, 0.25) is 0 Å². The van der Waals surface area contributed by atoms with Crippen molar-refractivity contribution in [3.05, 3.63) is 0 Å². The van der Waals surface area contributed by atoms with Crippen LogP contribution < -0.4 is 0 Å². The van der Waals surface area contributed by atoms with E-state index in [9.17, 15) is 4.79 Å². The van der Waals surface area contributed by atoms with Gasteiger partial charge in [-0.2, -0.15) is 0 Å². The summed E-state index contributed by atoms with van der Waals surface area (Å²) in [5.41, 5.74) is 0.208. The van der Waals surface area contributed by atoms with E-state index in [1.165, 1.54) is 6.42 Å². The largest absolute Gasteiger partial charge is 0.301 e. The summed E-state index contributed by atoms with van der Waals surface area (Å²) in [5.74, 6) is 1.55. The lowest BCUT2D eigenvalue weighted by atomic mass is 9.78. The number of ketones is 1. The first-order valence-electron chi connectivity index (χ1n) is 7.14. The number of Topliss-reactive ketones (excluding diaryl/α,β-unsaturated/α-hetero) is 1. The van der Waals surface area contributed by atoms with Crippen LogP contribution in [0, 0.1) is 11.8 Å². The second-order valence-corrected chi connectivity index (χ2v) is 6.26. The molecule has 1 fully saturated rings. The smallest absolute Gasteiger partial charge is 0.137 e. The van der Waals surface area contributed by atoms with Crippen LogP contribution in [0.1, 0.15) is 59.8 Å². The zero-order chi connectivity index (χ0) is 13.1. The number of hydrogen-bond donors (Lipinski definition) is 0. The van der Waals surface area contributed by atoms with E-state index in [-0.39, 0.29) is 11.5 Å². The van der Waals surface area contributed by atoms with Gasteiger partial charge in [-0.15, -0.1) is 0 Å². The number of hydrogen-bond acceptors (Lipinski definition) is 2. The second kappa shape index (κ2) is 5.99. The summed E-state index contributed by atoms with van der Waals surface area (Å²) in [6, 6.07) is 0. The van der Waals surface area contributed by atoms with Crippen LogP contribution in [0.3, 0.4) is 0 Å². The van der Waals surface area contributed by atoms with E-state index in [0.29, 0.717) is 5.78 Å². The molecule has 0 bridgehead atoms. The van der Waals surface area contributed by atoms with Gasteiger partial charge in [-0.1, -0.05) is 20.3 Å². The molecule has 0 aromatic heterocycles. The van der Waals surface area contributed by atoms with Gasteiger partial charge >= 0.3 is 0 Å². The molecule has 1 saturated carbocycles. The van der Waals surface area contributed by atoms with Gasteiger partial charge in [0, 0.05) is 24.4 Å². The molecule has 2 nitrogen and oxygen atoms in total. The highest BCUT2D eigenvalue weighted by Crippen LogP contribution is 2.30. The molecule has 0 amide bonds. The van der Waals surface area contributed by atoms with E-state index >= 15 is 0 Å². The van der Waals surface area contributed by atoms with Crippen LogP contribution in [0.4, 0.5) is 0 Å². The predicted octanol–water partition coefficient (Wildman–Crippen LogP) is 3.50. The van der Waals surface area contributed by atoms with Crippen LogP contribution in [-0.4, -0.2) is 29.8 Å². The molecule has 2 atom stereocenters. The molecule has 1 aliphatic rings. The monoisotopic (exact) mass is 239 g/mol. The maximum absolute atomic E-state index is 12.0. The van der Waals surface area contributed by atoms with Crippen LogP contribution >= 0.6 is 0 Å². The summed E-state index contributed by atoms with van der Waals surface area (Å²) in [6.07, 6.45) is 5.39. The minimum Gasteiger partial charge on any atom is -0.301 e. The lowest BCUT2D eigenvalue weighted by Gasteiger charge is -2.38. The van der Waals surface area contributed by atoms with Crippen LogP contribution in [0.15, 0.2) is 0 Å². The van der Waals surface area contributed by atoms with E-state index in [2.05, 4.69) is 39.6 Å². The van der Waals surface area contributed by atoms with Gasteiger partial charge in [0.2, 0.25) is 0 Å². The van der Waals surface area contributed by atoms with Crippen LogP contribution in [0.25, 0.3) is 0 Å². The highest BCUT2D eigenvalue weighted by atomic mass is 16.1. The van der Waals surface area contributed by atoms with E-state index in [1.807, 2.05) is 0 Å². The lowest BCUT2D eigenvalue weighted by Crippen LogP contribution is -2.45. The van der Waals surface area contributed by atoms with E-state index < -0.39 is 0 Å². The zero-order valence-electron chi connectivity index (χ0n) is 12.3. The summed E-state index contributed by atoms with van der Waals surface area (Å²) in [4.78, 5) is 14.3. The fourth-order valence-corrected chi connectivity index (χ4v) is 2.60. The number of carbonyl (C=O) groups is 1. The highest BCUT2D eigenvalue weighted by Gasteiger charge is 2.31. The van der Waals surface area contributed by atoms with Crippen molar-refractivity contribution in [2.24, 2.45) is 11.8 Å². The van der Waals surface area contributed by atoms with Crippen LogP contribution in [0.5, 0.6) is 0 Å². The topological polar surface area (TPSA) is 20.3 Å². The molecule has 100 valence electrons. The molecule has 0 aromatic carbocycles. The van der Waals surface area contributed by atoms with Crippen molar-refractivity contribution < 1.29 is 4.79 Å². The fourth-order valence-electron chi connectivity index (χ4n) is 2.60. The van der Waals surface area contributed by atoms with Crippen molar-refractivity contribution in [3.63, 3.8) is 0 Å². The maximum Gasteiger partial charge on any atom is 0.137 e. The Hall–Kier alpha value is -0.370. The summed E-state index contributed by atoms with van der Waals surface area (Å²) in [5, 5.41) is 0. The fraction of sp³-hybridized carbons (Fsp3) is 0.933. The summed E-state index contributed by atoms with van der Waals surface area (Å²) in [7, 11) is 2.16. The Morgan fingerprint density at radius 2 is 2.00 bits per heavy atom. The molecular weight excluding hydrogens is 210 g/mol. The third-order valence-electron chi connectivity index (χ3n) is 4.84. The van der Waals surface area contributed by atoms with Crippen molar-refractivity contribution in [2.75, 3.05) is 13.6 Å². The Balaban J connectivity index is 2.57. The van der Waals surface area contributed by atoms with Crippen molar-refractivity contribution in [1.29, 1.82) is 0 Å². The van der Waals surface area contributed by atoms with Gasteiger partial charge in [-0.3, -0.25) is 4.79 Å². The van der Waals surface area contributed by atoms with Crippen molar-refractivity contribution in [3.8, 4) is 0 Å². The molecule has 0 spiro atoms. The van der Waals surface area contributed by atoms with Gasteiger partial charge in [0.1, 0.15) is 5.78 Å². The normalized spacial score (nSPS) is 26.6. The minimum atomic E-state index is 0.208. The first kappa shape index (κ1) is 14.7. The van der Waals surface area contributed by atoms with Gasteiger partial charge in [0.15, 0.2) is 0 Å². The molecule has 2 unspecified atom stereocenters. The molecule has 0 heterocycles. The van der Waals surface area contributed by atoms with Gasteiger partial charge in [-0.25, -0.2) is 0 Å². The zero-order valence-corrected chi connectivity index (χ0v) is 12.3. The van der Waals surface area contributed by atoms with E-state index in [1.54, 1.807) is 0 Å². The SMILES string of the molecule is CCC1CCC(=O)C(CN(C)C(C)(C)CC)C1. The standard InChI is InChI=1S/C15H29NO/c1-6-12-8-9-14(17)13(10-12)11-16(5)15(3,4)7-2/h12-13H,6-11H2,1-5H3. The van der Waals surface area contributed by atoms with Crippen molar-refractivity contribution in [2.45, 2.75) is 65.3 Å². The second-order valence-electron chi connectivity index (χ2n) is 6.26. The quantitative estimate of drug-likeness (QED) is 0.732. The molecule has 2 heteroatoms. The maximum atomic E-state index is 12.0. The molecule has 17 heavy (non-hydrogen) atoms. The van der Waals surface area contributed by atoms with Gasteiger partial charge in [0.25, 0.3) is 0 Å². The molecule has 0 N–H and O–H groups in total. The molecule has 0 aliphatic heterocycles. The Morgan fingerprint density at radius 3 is 2.53 bits per heavy atom. The molecule has 0 radical (unpaired) electrons. The third kappa shape index (κ3) is 3.80. The van der Waals surface area contributed by atoms with Gasteiger partial charge in [0.05, 0.1) is 0 Å². The minimum absolute atomic E-state index is 0.208. The average Bonchev–Trinajstić information content (AvgIpc) is 2.31. The summed E-state index contributed by atoms with van der Waals surface area (Å²) in [6.45, 7) is 9.93. The summed E-state index contributed by atoms with van der Waals surface area (Å²) >= 11 is 0. The first-order chi connectivity index (χ1) is 7.90. The van der Waals surface area contributed by atoms with E-state index in [0.717, 1.165) is 38.1 Å². The van der Waals surface area contributed by atoms with E-state index in [4.69, 9.17) is 0 Å². The average molecular weight is 239 g/mol.